The van der Waals surface area contributed by atoms with Crippen molar-refractivity contribution in [1.82, 2.24) is 4.90 Å². The average molecular weight is 469 g/mol. The topological polar surface area (TPSA) is 87.2 Å². The van der Waals surface area contributed by atoms with Gasteiger partial charge in [0, 0.05) is 24.0 Å². The van der Waals surface area contributed by atoms with Crippen LogP contribution >= 0.6 is 11.8 Å². The predicted octanol–water partition coefficient (Wildman–Crippen LogP) is 2.00. The molecule has 0 radical (unpaired) electrons. The molecule has 2 fully saturated rings. The first-order valence-electron chi connectivity index (χ1n) is 11.4. The van der Waals surface area contributed by atoms with Gasteiger partial charge in [0.1, 0.15) is 6.04 Å². The number of aliphatic hydroxyl groups excluding tert-OH is 1. The number of nitrogens with zero attached hydrogens (tertiary/aromatic N) is 2. The number of thioether (sulfide) groups is 1. The summed E-state index contributed by atoms with van der Waals surface area (Å²) in [5.41, 5.74) is 2.83. The normalized spacial score (nSPS) is 33.2. The molecule has 7 nitrogen and oxygen atoms in total. The highest BCUT2D eigenvalue weighted by Gasteiger charge is 2.71. The third-order valence-corrected chi connectivity index (χ3v) is 8.86. The number of hydrogen-bond donors (Lipinski definition) is 1. The number of rotatable bonds is 3. The summed E-state index contributed by atoms with van der Waals surface area (Å²) in [4.78, 5) is 44.1. The summed E-state index contributed by atoms with van der Waals surface area (Å²) in [5, 5.41) is 9.50. The minimum Gasteiger partial charge on any atom is -0.465 e. The van der Waals surface area contributed by atoms with Gasteiger partial charge in [-0.2, -0.15) is 0 Å². The van der Waals surface area contributed by atoms with E-state index in [1.807, 2.05) is 56.4 Å². The van der Waals surface area contributed by atoms with Gasteiger partial charge in [0.05, 0.1) is 29.8 Å². The van der Waals surface area contributed by atoms with Crippen LogP contribution in [0.2, 0.25) is 0 Å². The SMILES string of the molecule is Cc1ccc(C)c(N2CC=C[C@]34S[C@@H]5C=CCCOC(=O)[C@@H]5[C@H]3C(=O)N(CCO)C4C2=O)c1. The van der Waals surface area contributed by atoms with E-state index in [9.17, 15) is 19.5 Å². The highest BCUT2D eigenvalue weighted by Crippen LogP contribution is 2.60. The number of fused-ring (bicyclic) bond motifs is 2. The largest absolute Gasteiger partial charge is 0.465 e. The van der Waals surface area contributed by atoms with E-state index in [2.05, 4.69) is 0 Å². The number of amides is 2. The molecule has 4 aliphatic rings. The van der Waals surface area contributed by atoms with Crippen molar-refractivity contribution in [2.75, 3.05) is 31.2 Å². The zero-order valence-corrected chi connectivity index (χ0v) is 19.6. The Kier molecular flexibility index (Phi) is 5.61. The van der Waals surface area contributed by atoms with E-state index in [1.54, 1.807) is 4.90 Å². The molecule has 1 aromatic carbocycles. The van der Waals surface area contributed by atoms with Gasteiger partial charge in [-0.15, -0.1) is 11.8 Å². The molecular weight excluding hydrogens is 440 g/mol. The van der Waals surface area contributed by atoms with Crippen molar-refractivity contribution in [1.29, 1.82) is 0 Å². The van der Waals surface area contributed by atoms with Gasteiger partial charge in [0.2, 0.25) is 5.91 Å². The fraction of sp³-hybridized carbons (Fsp3) is 0.480. The molecule has 5 rings (SSSR count). The highest BCUT2D eigenvalue weighted by atomic mass is 32.2. The lowest BCUT2D eigenvalue weighted by molar-refractivity contribution is -0.153. The predicted molar refractivity (Wildman–Crippen MR) is 126 cm³/mol. The number of likely N-dealkylation sites (tertiary alicyclic amines) is 1. The number of carbonyl (C=O) groups is 3. The van der Waals surface area contributed by atoms with Crippen LogP contribution in [0.5, 0.6) is 0 Å². The number of ether oxygens (including phenoxy) is 1. The van der Waals surface area contributed by atoms with Crippen LogP contribution < -0.4 is 4.90 Å². The number of β-amino-alcohol motifs (C(OH)–C–C–N with tert-alkyl or cyclic N) is 1. The van der Waals surface area contributed by atoms with E-state index in [0.717, 1.165) is 16.8 Å². The van der Waals surface area contributed by atoms with E-state index < -0.39 is 22.6 Å². The second-order valence-electron chi connectivity index (χ2n) is 9.12. The van der Waals surface area contributed by atoms with Crippen LogP contribution in [0.3, 0.4) is 0 Å². The number of aliphatic hydroxyl groups is 1. The van der Waals surface area contributed by atoms with Crippen molar-refractivity contribution in [3.05, 3.63) is 53.6 Å². The number of anilines is 1. The molecule has 8 heteroatoms. The molecular formula is C25H28N2O5S. The number of aryl methyl sites for hydroxylation is 2. The second kappa shape index (κ2) is 8.33. The van der Waals surface area contributed by atoms with Crippen molar-refractivity contribution in [3.63, 3.8) is 0 Å². The molecule has 2 saturated heterocycles. The number of benzene rings is 1. The van der Waals surface area contributed by atoms with Crippen molar-refractivity contribution in [3.8, 4) is 0 Å². The van der Waals surface area contributed by atoms with Crippen molar-refractivity contribution in [2.24, 2.45) is 11.8 Å². The molecule has 0 aliphatic carbocycles. The molecule has 1 aromatic rings. The minimum atomic E-state index is -0.890. The van der Waals surface area contributed by atoms with Crippen LogP contribution in [-0.4, -0.2) is 70.1 Å². The van der Waals surface area contributed by atoms with E-state index in [-0.39, 0.29) is 42.8 Å². The van der Waals surface area contributed by atoms with Gasteiger partial charge in [-0.3, -0.25) is 14.4 Å². The molecule has 5 atom stereocenters. The summed E-state index contributed by atoms with van der Waals surface area (Å²) in [6.07, 6.45) is 8.54. The van der Waals surface area contributed by atoms with Gasteiger partial charge >= 0.3 is 5.97 Å². The lowest BCUT2D eigenvalue weighted by atomic mass is 9.78. The Hall–Kier alpha value is -2.58. The third-order valence-electron chi connectivity index (χ3n) is 7.12. The second-order valence-corrected chi connectivity index (χ2v) is 10.6. The summed E-state index contributed by atoms with van der Waals surface area (Å²) in [6.45, 7) is 4.41. The summed E-state index contributed by atoms with van der Waals surface area (Å²) in [6, 6.07) is 5.18. The number of esters is 1. The Bertz CT molecular complexity index is 1070. The summed E-state index contributed by atoms with van der Waals surface area (Å²) >= 11 is 1.51. The smallest absolute Gasteiger partial charge is 0.311 e. The molecule has 1 spiro atoms. The summed E-state index contributed by atoms with van der Waals surface area (Å²) in [7, 11) is 0. The first-order chi connectivity index (χ1) is 15.9. The maximum absolute atomic E-state index is 14.1. The molecule has 174 valence electrons. The number of carbonyl (C=O) groups excluding carboxylic acids is 3. The molecule has 4 heterocycles. The van der Waals surface area contributed by atoms with Crippen LogP contribution in [0.25, 0.3) is 0 Å². The summed E-state index contributed by atoms with van der Waals surface area (Å²) < 4.78 is 4.57. The van der Waals surface area contributed by atoms with Crippen LogP contribution in [0.15, 0.2) is 42.5 Å². The molecule has 0 aromatic heterocycles. The Morgan fingerprint density at radius 1 is 1.18 bits per heavy atom. The van der Waals surface area contributed by atoms with E-state index in [1.165, 1.54) is 16.7 Å². The molecule has 1 unspecified atom stereocenters. The third kappa shape index (κ3) is 3.34. The lowest BCUT2D eigenvalue weighted by Gasteiger charge is -2.35. The quantitative estimate of drug-likeness (QED) is 0.539. The van der Waals surface area contributed by atoms with Gasteiger partial charge in [-0.05, 0) is 37.5 Å². The molecule has 0 bridgehead atoms. The summed E-state index contributed by atoms with van der Waals surface area (Å²) in [5.74, 6) is -2.20. The maximum atomic E-state index is 14.1. The average Bonchev–Trinajstić information content (AvgIpc) is 3.14. The van der Waals surface area contributed by atoms with E-state index in [0.29, 0.717) is 13.0 Å². The van der Waals surface area contributed by atoms with Gasteiger partial charge < -0.3 is 19.6 Å². The monoisotopic (exact) mass is 468 g/mol. The maximum Gasteiger partial charge on any atom is 0.311 e. The van der Waals surface area contributed by atoms with Crippen LogP contribution in [0.4, 0.5) is 5.69 Å². The van der Waals surface area contributed by atoms with Gasteiger partial charge in [0.25, 0.3) is 5.91 Å². The van der Waals surface area contributed by atoms with Gasteiger partial charge in [-0.25, -0.2) is 0 Å². The molecule has 0 saturated carbocycles. The van der Waals surface area contributed by atoms with Crippen molar-refractivity contribution in [2.45, 2.75) is 36.3 Å². The standard InChI is InChI=1S/C25H28N2O5S/c1-15-7-8-16(2)17(14-15)26-10-5-9-25-20(22(29)27(11-12-28)21(25)23(26)30)19-18(33-25)6-3-4-13-32-24(19)31/h3,5-9,14,18-21,28H,4,10-13H2,1-2H3/t18-,19+,20+,21?,25+/m1/s1. The Balaban J connectivity index is 1.63. The Morgan fingerprint density at radius 3 is 2.79 bits per heavy atom. The van der Waals surface area contributed by atoms with Crippen LogP contribution in [0.1, 0.15) is 17.5 Å². The molecule has 2 amide bonds. The fourth-order valence-electron chi connectivity index (χ4n) is 5.68. The lowest BCUT2D eigenvalue weighted by Crippen LogP contribution is -2.53. The van der Waals surface area contributed by atoms with Crippen LogP contribution in [0, 0.1) is 25.7 Å². The highest BCUT2D eigenvalue weighted by molar-refractivity contribution is 8.02. The van der Waals surface area contributed by atoms with E-state index >= 15 is 0 Å². The van der Waals surface area contributed by atoms with Crippen molar-refractivity contribution < 1.29 is 24.2 Å². The van der Waals surface area contributed by atoms with Gasteiger partial charge in [-0.1, -0.05) is 36.4 Å². The number of hydrogen-bond acceptors (Lipinski definition) is 6. The first kappa shape index (κ1) is 22.2. The zero-order valence-electron chi connectivity index (χ0n) is 18.8. The zero-order chi connectivity index (χ0) is 23.3. The molecule has 1 N–H and O–H groups in total. The Morgan fingerprint density at radius 2 is 2.00 bits per heavy atom. The van der Waals surface area contributed by atoms with E-state index in [4.69, 9.17) is 4.74 Å². The first-order valence-corrected chi connectivity index (χ1v) is 12.3. The van der Waals surface area contributed by atoms with Gasteiger partial charge in [0.15, 0.2) is 0 Å². The molecule has 33 heavy (non-hydrogen) atoms. The molecule has 4 aliphatic heterocycles. The minimum absolute atomic E-state index is 0.0464. The fourth-order valence-corrected chi connectivity index (χ4v) is 7.68. The number of cyclic esters (lactones) is 1. The van der Waals surface area contributed by atoms with Crippen LogP contribution in [-0.2, 0) is 19.1 Å². The Labute approximate surface area is 197 Å². The van der Waals surface area contributed by atoms with Crippen molar-refractivity contribution >= 4 is 35.2 Å².